The number of benzene rings is 2. The first kappa shape index (κ1) is 19.9. The maximum atomic E-state index is 12.6. The van der Waals surface area contributed by atoms with Crippen LogP contribution in [-0.4, -0.2) is 53.4 Å². The molecule has 0 spiro atoms. The minimum atomic E-state index is -0.828. The average molecular weight is 402 g/mol. The summed E-state index contributed by atoms with van der Waals surface area (Å²) in [5.41, 5.74) is 1.58. The second-order valence-electron chi connectivity index (χ2n) is 6.50. The standard InChI is InChI=1S/C20H20ClN3O4/c1-22(12-15-10-16(21)8-9-17(15)28-2)13-24-19(26)18(25)23(20(24)27)11-14-6-4-3-5-7-14/h3-10H,11-13H2,1-2H3. The summed E-state index contributed by atoms with van der Waals surface area (Å²) in [6.45, 7) is 0.421. The summed E-state index contributed by atoms with van der Waals surface area (Å²) in [6.07, 6.45) is 0. The van der Waals surface area contributed by atoms with E-state index in [1.807, 2.05) is 18.2 Å². The molecule has 0 aliphatic carbocycles. The first-order valence-corrected chi connectivity index (χ1v) is 9.00. The van der Waals surface area contributed by atoms with Crippen LogP contribution in [0.5, 0.6) is 5.75 Å². The van der Waals surface area contributed by atoms with Gasteiger partial charge in [-0.3, -0.25) is 19.4 Å². The van der Waals surface area contributed by atoms with Crippen molar-refractivity contribution in [1.29, 1.82) is 0 Å². The molecule has 1 aliphatic heterocycles. The lowest BCUT2D eigenvalue weighted by molar-refractivity contribution is -0.144. The van der Waals surface area contributed by atoms with E-state index >= 15 is 0 Å². The number of carbonyl (C=O) groups is 3. The molecule has 0 aromatic heterocycles. The number of hydrogen-bond acceptors (Lipinski definition) is 5. The van der Waals surface area contributed by atoms with Crippen LogP contribution in [0.4, 0.5) is 4.79 Å². The Morgan fingerprint density at radius 1 is 1.00 bits per heavy atom. The molecule has 0 radical (unpaired) electrons. The molecule has 1 aliphatic rings. The summed E-state index contributed by atoms with van der Waals surface area (Å²) in [4.78, 5) is 40.9. The lowest BCUT2D eigenvalue weighted by Gasteiger charge is -2.23. The van der Waals surface area contributed by atoms with Crippen LogP contribution in [0.15, 0.2) is 48.5 Å². The quantitative estimate of drug-likeness (QED) is 0.527. The Kier molecular flexibility index (Phi) is 5.96. The number of methoxy groups -OCH3 is 1. The summed E-state index contributed by atoms with van der Waals surface area (Å²) in [7, 11) is 3.30. The lowest BCUT2D eigenvalue weighted by atomic mass is 10.2. The molecule has 0 saturated carbocycles. The zero-order chi connectivity index (χ0) is 20.3. The number of carbonyl (C=O) groups excluding carboxylic acids is 3. The van der Waals surface area contributed by atoms with E-state index in [2.05, 4.69) is 0 Å². The van der Waals surface area contributed by atoms with Crippen LogP contribution in [0.3, 0.4) is 0 Å². The predicted octanol–water partition coefficient (Wildman–Crippen LogP) is 2.73. The van der Waals surface area contributed by atoms with Crippen molar-refractivity contribution >= 4 is 29.4 Å². The fraction of sp³-hybridized carbons (Fsp3) is 0.250. The van der Waals surface area contributed by atoms with Gasteiger partial charge in [-0.15, -0.1) is 0 Å². The van der Waals surface area contributed by atoms with E-state index in [0.29, 0.717) is 17.3 Å². The second kappa shape index (κ2) is 8.41. The third kappa shape index (κ3) is 4.16. The van der Waals surface area contributed by atoms with Gasteiger partial charge in [0.2, 0.25) is 0 Å². The van der Waals surface area contributed by atoms with Crippen molar-refractivity contribution in [3.8, 4) is 5.75 Å². The summed E-state index contributed by atoms with van der Waals surface area (Å²) < 4.78 is 5.32. The third-order valence-corrected chi connectivity index (χ3v) is 4.62. The van der Waals surface area contributed by atoms with Gasteiger partial charge in [0.25, 0.3) is 0 Å². The predicted molar refractivity (Wildman–Crippen MR) is 104 cm³/mol. The van der Waals surface area contributed by atoms with Crippen molar-refractivity contribution in [2.24, 2.45) is 0 Å². The first-order valence-electron chi connectivity index (χ1n) is 8.63. The summed E-state index contributed by atoms with van der Waals surface area (Å²) in [5, 5.41) is 0.557. The van der Waals surface area contributed by atoms with Gasteiger partial charge in [-0.05, 0) is 30.8 Å². The molecular weight excluding hydrogens is 382 g/mol. The van der Waals surface area contributed by atoms with E-state index in [4.69, 9.17) is 16.3 Å². The molecule has 1 fully saturated rings. The highest BCUT2D eigenvalue weighted by Crippen LogP contribution is 2.24. The summed E-state index contributed by atoms with van der Waals surface area (Å²) in [5.74, 6) is -0.995. The van der Waals surface area contributed by atoms with E-state index in [-0.39, 0.29) is 13.2 Å². The van der Waals surface area contributed by atoms with Crippen LogP contribution in [0, 0.1) is 0 Å². The molecule has 3 rings (SSSR count). The van der Waals surface area contributed by atoms with Gasteiger partial charge in [0.1, 0.15) is 5.75 Å². The smallest absolute Gasteiger partial charge is 0.335 e. The number of urea groups is 1. The molecule has 0 unspecified atom stereocenters. The van der Waals surface area contributed by atoms with Crippen LogP contribution in [-0.2, 0) is 22.7 Å². The van der Waals surface area contributed by atoms with Crippen molar-refractivity contribution < 1.29 is 19.1 Å². The van der Waals surface area contributed by atoms with Crippen LogP contribution < -0.4 is 4.74 Å². The Labute approximate surface area is 168 Å². The van der Waals surface area contributed by atoms with Gasteiger partial charge in [0.05, 0.1) is 20.3 Å². The normalized spacial score (nSPS) is 14.4. The maximum Gasteiger partial charge on any atom is 0.335 e. The van der Waals surface area contributed by atoms with E-state index < -0.39 is 17.8 Å². The van der Waals surface area contributed by atoms with Crippen LogP contribution in [0.25, 0.3) is 0 Å². The van der Waals surface area contributed by atoms with Gasteiger partial charge in [-0.1, -0.05) is 41.9 Å². The molecule has 1 saturated heterocycles. The van der Waals surface area contributed by atoms with Crippen molar-refractivity contribution in [3.63, 3.8) is 0 Å². The number of imide groups is 2. The monoisotopic (exact) mass is 401 g/mol. The molecule has 0 atom stereocenters. The Hall–Kier alpha value is -2.90. The molecule has 1 heterocycles. The zero-order valence-corrected chi connectivity index (χ0v) is 16.3. The zero-order valence-electron chi connectivity index (χ0n) is 15.6. The van der Waals surface area contributed by atoms with Gasteiger partial charge >= 0.3 is 17.8 Å². The average Bonchev–Trinajstić information content (AvgIpc) is 2.87. The van der Waals surface area contributed by atoms with E-state index in [0.717, 1.165) is 20.9 Å². The Bertz CT molecular complexity index is 904. The molecule has 146 valence electrons. The maximum absolute atomic E-state index is 12.6. The van der Waals surface area contributed by atoms with Crippen LogP contribution in [0.1, 0.15) is 11.1 Å². The minimum absolute atomic E-state index is 0.0234. The molecule has 2 aromatic carbocycles. The van der Waals surface area contributed by atoms with Gasteiger partial charge in [-0.25, -0.2) is 9.69 Å². The summed E-state index contributed by atoms with van der Waals surface area (Å²) in [6, 6.07) is 13.7. The molecule has 2 aromatic rings. The van der Waals surface area contributed by atoms with E-state index in [9.17, 15) is 14.4 Å². The molecule has 28 heavy (non-hydrogen) atoms. The Morgan fingerprint density at radius 2 is 1.68 bits per heavy atom. The van der Waals surface area contributed by atoms with Crippen LogP contribution >= 0.6 is 11.6 Å². The number of halogens is 1. The topological polar surface area (TPSA) is 70.2 Å². The third-order valence-electron chi connectivity index (χ3n) is 4.38. The van der Waals surface area contributed by atoms with Crippen molar-refractivity contribution in [2.75, 3.05) is 20.8 Å². The van der Waals surface area contributed by atoms with Gasteiger partial charge in [0.15, 0.2) is 0 Å². The fourth-order valence-corrected chi connectivity index (χ4v) is 3.23. The van der Waals surface area contributed by atoms with E-state index in [1.165, 1.54) is 0 Å². The number of nitrogens with zero attached hydrogens (tertiary/aromatic N) is 3. The van der Waals surface area contributed by atoms with Crippen molar-refractivity contribution in [2.45, 2.75) is 13.1 Å². The highest BCUT2D eigenvalue weighted by Gasteiger charge is 2.44. The molecule has 0 bridgehead atoms. The minimum Gasteiger partial charge on any atom is -0.496 e. The van der Waals surface area contributed by atoms with Crippen molar-refractivity contribution in [3.05, 3.63) is 64.7 Å². The first-order chi connectivity index (χ1) is 13.4. The number of hydrogen-bond donors (Lipinski definition) is 0. The molecule has 4 amide bonds. The highest BCUT2D eigenvalue weighted by molar-refractivity contribution is 6.44. The highest BCUT2D eigenvalue weighted by atomic mass is 35.5. The van der Waals surface area contributed by atoms with Gasteiger partial charge < -0.3 is 4.74 Å². The van der Waals surface area contributed by atoms with Crippen LogP contribution in [0.2, 0.25) is 5.02 Å². The van der Waals surface area contributed by atoms with Crippen molar-refractivity contribution in [1.82, 2.24) is 14.7 Å². The SMILES string of the molecule is COc1ccc(Cl)cc1CN(C)CN1C(=O)C(=O)N(Cc2ccccc2)C1=O. The number of ether oxygens (including phenoxy) is 1. The molecule has 7 nitrogen and oxygen atoms in total. The molecular formula is C20H20ClN3O4. The number of rotatable bonds is 7. The molecule has 8 heteroatoms. The molecule has 0 N–H and O–H groups in total. The second-order valence-corrected chi connectivity index (χ2v) is 6.94. The largest absolute Gasteiger partial charge is 0.496 e. The number of amides is 4. The fourth-order valence-electron chi connectivity index (χ4n) is 3.03. The van der Waals surface area contributed by atoms with Gasteiger partial charge in [0, 0.05) is 17.1 Å². The summed E-state index contributed by atoms with van der Waals surface area (Å²) >= 11 is 6.05. The van der Waals surface area contributed by atoms with Gasteiger partial charge in [-0.2, -0.15) is 0 Å². The Morgan fingerprint density at radius 3 is 2.36 bits per heavy atom. The lowest BCUT2D eigenvalue weighted by Crippen LogP contribution is -2.40. The Balaban J connectivity index is 1.70. The van der Waals surface area contributed by atoms with E-state index in [1.54, 1.807) is 49.4 Å².